The summed E-state index contributed by atoms with van der Waals surface area (Å²) in [6, 6.07) is 4.48. The molecule has 0 aliphatic carbocycles. The minimum absolute atomic E-state index is 1.22. The van der Waals surface area contributed by atoms with Crippen LogP contribution in [-0.4, -0.2) is 0 Å². The predicted octanol–water partition coefficient (Wildman–Crippen LogP) is 2.16. The Morgan fingerprint density at radius 2 is 2.17 bits per heavy atom. The summed E-state index contributed by atoms with van der Waals surface area (Å²) in [5.41, 5.74) is 2.80. The van der Waals surface area contributed by atoms with E-state index in [9.17, 15) is 0 Å². The maximum atomic E-state index is 2.27. The van der Waals surface area contributed by atoms with Crippen LogP contribution in [-0.2, 0) is 13.5 Å². The predicted molar refractivity (Wildman–Crippen MR) is 51.0 cm³/mol. The molecule has 0 N–H and O–H groups in total. The molecule has 0 aliphatic heterocycles. The van der Waals surface area contributed by atoms with Crippen LogP contribution >= 0.6 is 0 Å². The van der Waals surface area contributed by atoms with Crippen molar-refractivity contribution in [2.24, 2.45) is 7.05 Å². The van der Waals surface area contributed by atoms with Crippen molar-refractivity contribution >= 4 is 0 Å². The van der Waals surface area contributed by atoms with Crippen LogP contribution in [0.15, 0.2) is 18.3 Å². The molecule has 0 atom stereocenters. The zero-order valence-corrected chi connectivity index (χ0v) is 8.30. The Hall–Kier alpha value is -0.850. The highest BCUT2D eigenvalue weighted by Crippen LogP contribution is 2.04. The van der Waals surface area contributed by atoms with Gasteiger partial charge in [0.25, 0.3) is 0 Å². The SMILES string of the molecule is CCCCc1cc[n+](C)c(C)c1. The Bertz CT molecular complexity index is 253. The number of aromatic nitrogens is 1. The number of pyridine rings is 1. The minimum atomic E-state index is 1.22. The molecule has 0 aromatic carbocycles. The maximum Gasteiger partial charge on any atom is 0.178 e. The molecule has 1 heterocycles. The van der Waals surface area contributed by atoms with Gasteiger partial charge in [0.15, 0.2) is 11.9 Å². The summed E-state index contributed by atoms with van der Waals surface area (Å²) in [6.45, 7) is 4.38. The summed E-state index contributed by atoms with van der Waals surface area (Å²) < 4.78 is 2.15. The molecule has 0 spiro atoms. The topological polar surface area (TPSA) is 3.88 Å². The van der Waals surface area contributed by atoms with Crippen LogP contribution in [0.4, 0.5) is 0 Å². The largest absolute Gasteiger partial charge is 0.205 e. The molecular formula is C11H18N+. The average Bonchev–Trinajstić information content (AvgIpc) is 2.07. The second-order valence-electron chi connectivity index (χ2n) is 3.39. The van der Waals surface area contributed by atoms with Crippen molar-refractivity contribution in [2.45, 2.75) is 33.1 Å². The van der Waals surface area contributed by atoms with Gasteiger partial charge in [-0.25, -0.2) is 4.57 Å². The van der Waals surface area contributed by atoms with Crippen molar-refractivity contribution < 1.29 is 4.57 Å². The van der Waals surface area contributed by atoms with Gasteiger partial charge in [-0.2, -0.15) is 0 Å². The number of hydrogen-bond acceptors (Lipinski definition) is 0. The molecule has 0 saturated carbocycles. The fraction of sp³-hybridized carbons (Fsp3) is 0.545. The molecule has 0 fully saturated rings. The Kier molecular flexibility index (Phi) is 3.27. The van der Waals surface area contributed by atoms with E-state index in [1.165, 1.54) is 30.5 Å². The van der Waals surface area contributed by atoms with Crippen LogP contribution in [0.3, 0.4) is 0 Å². The zero-order chi connectivity index (χ0) is 8.97. The molecule has 1 aromatic heterocycles. The average molecular weight is 164 g/mol. The number of rotatable bonds is 3. The van der Waals surface area contributed by atoms with Gasteiger partial charge in [-0.1, -0.05) is 13.3 Å². The van der Waals surface area contributed by atoms with Crippen molar-refractivity contribution in [3.05, 3.63) is 29.6 Å². The molecule has 0 unspecified atom stereocenters. The van der Waals surface area contributed by atoms with E-state index in [-0.39, 0.29) is 0 Å². The van der Waals surface area contributed by atoms with E-state index < -0.39 is 0 Å². The first-order valence-electron chi connectivity index (χ1n) is 4.69. The highest BCUT2D eigenvalue weighted by Gasteiger charge is 2.00. The summed E-state index contributed by atoms with van der Waals surface area (Å²) in [4.78, 5) is 0. The van der Waals surface area contributed by atoms with Crippen molar-refractivity contribution in [3.63, 3.8) is 0 Å². The molecule has 1 aromatic rings. The van der Waals surface area contributed by atoms with Crippen LogP contribution in [0.2, 0.25) is 0 Å². The Morgan fingerprint density at radius 3 is 2.75 bits per heavy atom. The Labute approximate surface area is 75.1 Å². The monoisotopic (exact) mass is 164 g/mol. The third-order valence-corrected chi connectivity index (χ3v) is 2.28. The first-order chi connectivity index (χ1) is 5.74. The van der Waals surface area contributed by atoms with E-state index in [2.05, 4.69) is 43.8 Å². The molecular weight excluding hydrogens is 146 g/mol. The van der Waals surface area contributed by atoms with Gasteiger partial charge in [-0.05, 0) is 18.4 Å². The van der Waals surface area contributed by atoms with E-state index in [4.69, 9.17) is 0 Å². The van der Waals surface area contributed by atoms with Crippen molar-refractivity contribution in [2.75, 3.05) is 0 Å². The van der Waals surface area contributed by atoms with E-state index in [0.717, 1.165) is 0 Å². The van der Waals surface area contributed by atoms with Crippen LogP contribution in [0.5, 0.6) is 0 Å². The van der Waals surface area contributed by atoms with Gasteiger partial charge in [-0.15, -0.1) is 0 Å². The van der Waals surface area contributed by atoms with Crippen LogP contribution in [0.1, 0.15) is 31.0 Å². The van der Waals surface area contributed by atoms with Gasteiger partial charge in [0.1, 0.15) is 7.05 Å². The van der Waals surface area contributed by atoms with Crippen molar-refractivity contribution in [1.82, 2.24) is 0 Å². The molecule has 0 saturated heterocycles. The lowest BCUT2D eigenvalue weighted by Gasteiger charge is -1.99. The van der Waals surface area contributed by atoms with Crippen LogP contribution in [0.25, 0.3) is 0 Å². The van der Waals surface area contributed by atoms with E-state index in [0.29, 0.717) is 0 Å². The quantitative estimate of drug-likeness (QED) is 0.603. The van der Waals surface area contributed by atoms with E-state index in [1.807, 2.05) is 0 Å². The van der Waals surface area contributed by atoms with Gasteiger partial charge in [0, 0.05) is 19.1 Å². The van der Waals surface area contributed by atoms with Crippen molar-refractivity contribution in [1.29, 1.82) is 0 Å². The molecule has 1 nitrogen and oxygen atoms in total. The summed E-state index contributed by atoms with van der Waals surface area (Å²) >= 11 is 0. The van der Waals surface area contributed by atoms with Gasteiger partial charge in [0.2, 0.25) is 0 Å². The lowest BCUT2D eigenvalue weighted by atomic mass is 10.1. The molecule has 0 radical (unpaired) electrons. The number of aryl methyl sites for hydroxylation is 3. The van der Waals surface area contributed by atoms with Gasteiger partial charge >= 0.3 is 0 Å². The molecule has 66 valence electrons. The lowest BCUT2D eigenvalue weighted by Crippen LogP contribution is -2.31. The van der Waals surface area contributed by atoms with Crippen LogP contribution in [0, 0.1) is 6.92 Å². The third-order valence-electron chi connectivity index (χ3n) is 2.28. The summed E-state index contributed by atoms with van der Waals surface area (Å²) in [5.74, 6) is 0. The summed E-state index contributed by atoms with van der Waals surface area (Å²) in [6.07, 6.45) is 5.94. The van der Waals surface area contributed by atoms with E-state index in [1.54, 1.807) is 0 Å². The molecule has 1 rings (SSSR count). The minimum Gasteiger partial charge on any atom is -0.205 e. The smallest absolute Gasteiger partial charge is 0.178 e. The molecule has 0 aliphatic rings. The van der Waals surface area contributed by atoms with Crippen molar-refractivity contribution in [3.8, 4) is 0 Å². The Morgan fingerprint density at radius 1 is 1.42 bits per heavy atom. The molecule has 0 amide bonds. The lowest BCUT2D eigenvalue weighted by molar-refractivity contribution is -0.677. The third kappa shape index (κ3) is 2.33. The number of nitrogens with zero attached hydrogens (tertiary/aromatic N) is 1. The first-order valence-corrected chi connectivity index (χ1v) is 4.69. The zero-order valence-electron chi connectivity index (χ0n) is 8.30. The second-order valence-corrected chi connectivity index (χ2v) is 3.39. The Balaban J connectivity index is 2.69. The maximum absolute atomic E-state index is 2.27. The van der Waals surface area contributed by atoms with Gasteiger partial charge < -0.3 is 0 Å². The summed E-state index contributed by atoms with van der Waals surface area (Å²) in [7, 11) is 2.08. The molecule has 12 heavy (non-hydrogen) atoms. The van der Waals surface area contributed by atoms with Gasteiger partial charge in [-0.3, -0.25) is 0 Å². The number of unbranched alkanes of at least 4 members (excludes halogenated alkanes) is 1. The highest BCUT2D eigenvalue weighted by molar-refractivity contribution is 5.11. The van der Waals surface area contributed by atoms with Crippen LogP contribution < -0.4 is 4.57 Å². The first kappa shape index (κ1) is 9.24. The van der Waals surface area contributed by atoms with E-state index >= 15 is 0 Å². The fourth-order valence-corrected chi connectivity index (χ4v) is 1.28. The standard InChI is InChI=1S/C11H18N/c1-4-5-6-11-7-8-12(3)10(2)9-11/h7-9H,4-6H2,1-3H3/q+1. The highest BCUT2D eigenvalue weighted by atomic mass is 14.9. The van der Waals surface area contributed by atoms with Gasteiger partial charge in [0.05, 0.1) is 0 Å². The second kappa shape index (κ2) is 4.24. The fourth-order valence-electron chi connectivity index (χ4n) is 1.28. The molecule has 1 heteroatoms. The summed E-state index contributed by atoms with van der Waals surface area (Å²) in [5, 5.41) is 0. The number of hydrogen-bond donors (Lipinski definition) is 0. The normalized spacial score (nSPS) is 10.2. The molecule has 0 bridgehead atoms.